The van der Waals surface area contributed by atoms with Gasteiger partial charge in [-0.25, -0.2) is 0 Å². The van der Waals surface area contributed by atoms with Crippen LogP contribution in [0.2, 0.25) is 0 Å². The van der Waals surface area contributed by atoms with Crippen molar-refractivity contribution < 1.29 is 9.47 Å². The van der Waals surface area contributed by atoms with Gasteiger partial charge < -0.3 is 9.47 Å². The van der Waals surface area contributed by atoms with E-state index in [1.54, 1.807) is 12.5 Å². The largest absolute Gasteiger partial charge is 0.423 e. The lowest BCUT2D eigenvalue weighted by molar-refractivity contribution is 0.254. The van der Waals surface area contributed by atoms with Crippen LogP contribution in [0.5, 0.6) is 0 Å². The summed E-state index contributed by atoms with van der Waals surface area (Å²) in [7, 11) is 0. The average Bonchev–Trinajstić information content (AvgIpc) is 2.25. The summed E-state index contributed by atoms with van der Waals surface area (Å²) in [6.45, 7) is 0.547. The summed E-state index contributed by atoms with van der Waals surface area (Å²) in [4.78, 5) is 0. The zero-order valence-corrected chi connectivity index (χ0v) is 7.43. The van der Waals surface area contributed by atoms with E-state index in [-0.39, 0.29) is 13.2 Å². The molecule has 0 fully saturated rings. The molecule has 0 saturated heterocycles. The molecule has 0 bridgehead atoms. The molecule has 0 saturated carbocycles. The maximum atomic E-state index is 8.17. The Bertz CT molecular complexity index is 322. The summed E-state index contributed by atoms with van der Waals surface area (Å²) in [6, 6.07) is 7.31. The Morgan fingerprint density at radius 1 is 0.857 bits per heavy atom. The number of nitrogens with zero attached hydrogens (tertiary/aromatic N) is 2. The van der Waals surface area contributed by atoms with E-state index in [2.05, 4.69) is 9.47 Å². The summed E-state index contributed by atoms with van der Waals surface area (Å²) in [5.74, 6) is 0. The lowest BCUT2D eigenvalue weighted by atomic mass is 10.1. The fourth-order valence-electron chi connectivity index (χ4n) is 0.963. The Hall–Kier alpha value is -2.20. The Morgan fingerprint density at radius 2 is 1.21 bits per heavy atom. The van der Waals surface area contributed by atoms with Gasteiger partial charge in [0, 0.05) is 0 Å². The smallest absolute Gasteiger partial charge is 0.286 e. The molecular formula is C10H8N2O2. The molecule has 14 heavy (non-hydrogen) atoms. The summed E-state index contributed by atoms with van der Waals surface area (Å²) >= 11 is 0. The Morgan fingerprint density at radius 3 is 1.50 bits per heavy atom. The van der Waals surface area contributed by atoms with Crippen molar-refractivity contribution in [3.63, 3.8) is 0 Å². The van der Waals surface area contributed by atoms with Crippen LogP contribution in [0, 0.1) is 23.0 Å². The first-order chi connectivity index (χ1) is 6.86. The first kappa shape index (κ1) is 9.88. The summed E-state index contributed by atoms with van der Waals surface area (Å²) in [5, 5.41) is 16.3. The predicted octanol–water partition coefficient (Wildman–Crippen LogP) is 1.68. The minimum Gasteiger partial charge on any atom is -0.423 e. The zero-order valence-electron chi connectivity index (χ0n) is 7.43. The molecule has 70 valence electrons. The normalized spacial score (nSPS) is 8.43. The van der Waals surface area contributed by atoms with Crippen molar-refractivity contribution in [3.05, 3.63) is 35.4 Å². The molecule has 0 unspecified atom stereocenters. The predicted molar refractivity (Wildman–Crippen MR) is 47.2 cm³/mol. The maximum absolute atomic E-state index is 8.17. The molecular weight excluding hydrogens is 180 g/mol. The highest BCUT2D eigenvalue weighted by Crippen LogP contribution is 2.06. The zero-order chi connectivity index (χ0) is 10.2. The van der Waals surface area contributed by atoms with Gasteiger partial charge in [-0.05, 0) is 11.1 Å². The molecule has 1 aromatic rings. The fraction of sp³-hybridized carbons (Fsp3) is 0.200. The molecule has 0 spiro atoms. The van der Waals surface area contributed by atoms with Crippen LogP contribution in [0.15, 0.2) is 24.3 Å². The van der Waals surface area contributed by atoms with Crippen molar-refractivity contribution in [2.45, 2.75) is 13.2 Å². The van der Waals surface area contributed by atoms with Crippen LogP contribution < -0.4 is 0 Å². The Balaban J connectivity index is 2.52. The van der Waals surface area contributed by atoms with E-state index in [9.17, 15) is 0 Å². The molecule has 4 heteroatoms. The Labute approximate surface area is 81.9 Å². The molecule has 1 rings (SSSR count). The van der Waals surface area contributed by atoms with E-state index < -0.39 is 0 Å². The molecule has 0 N–H and O–H groups in total. The summed E-state index contributed by atoms with van der Waals surface area (Å²) < 4.78 is 9.13. The summed E-state index contributed by atoms with van der Waals surface area (Å²) in [6.07, 6.45) is 3.19. The molecule has 0 aliphatic heterocycles. The van der Waals surface area contributed by atoms with Gasteiger partial charge in [0.1, 0.15) is 13.2 Å². The number of hydrogen-bond donors (Lipinski definition) is 0. The van der Waals surface area contributed by atoms with Gasteiger partial charge in [-0.3, -0.25) is 0 Å². The third kappa shape index (κ3) is 3.04. The minimum absolute atomic E-state index is 0.274. The Kier molecular flexibility index (Phi) is 3.85. The van der Waals surface area contributed by atoms with Crippen LogP contribution in [0.4, 0.5) is 0 Å². The van der Waals surface area contributed by atoms with Gasteiger partial charge in [-0.15, -0.1) is 0 Å². The number of rotatable bonds is 4. The molecule has 0 atom stereocenters. The number of hydrogen-bond acceptors (Lipinski definition) is 4. The molecule has 1 aromatic carbocycles. The van der Waals surface area contributed by atoms with Crippen LogP contribution >= 0.6 is 0 Å². The van der Waals surface area contributed by atoms with Gasteiger partial charge in [0.25, 0.3) is 12.5 Å². The number of nitriles is 2. The monoisotopic (exact) mass is 188 g/mol. The van der Waals surface area contributed by atoms with Gasteiger partial charge in [0.15, 0.2) is 0 Å². The molecule has 0 radical (unpaired) electrons. The van der Waals surface area contributed by atoms with Gasteiger partial charge >= 0.3 is 0 Å². The van der Waals surface area contributed by atoms with Gasteiger partial charge in [0.05, 0.1) is 0 Å². The van der Waals surface area contributed by atoms with Crippen molar-refractivity contribution in [3.8, 4) is 12.5 Å². The maximum Gasteiger partial charge on any atom is 0.286 e. The van der Waals surface area contributed by atoms with Gasteiger partial charge in [0.2, 0.25) is 0 Å². The number of benzene rings is 1. The van der Waals surface area contributed by atoms with Crippen molar-refractivity contribution in [1.29, 1.82) is 10.5 Å². The number of ether oxygens (including phenoxy) is 2. The quantitative estimate of drug-likeness (QED) is 0.674. The fourth-order valence-corrected chi connectivity index (χ4v) is 0.963. The van der Waals surface area contributed by atoms with E-state index in [4.69, 9.17) is 10.5 Å². The molecule has 0 heterocycles. The van der Waals surface area contributed by atoms with Crippen LogP contribution in [0.1, 0.15) is 11.1 Å². The van der Waals surface area contributed by atoms with E-state index in [0.717, 1.165) is 11.1 Å². The highest BCUT2D eigenvalue weighted by atomic mass is 16.5. The first-order valence-electron chi connectivity index (χ1n) is 3.96. The lowest BCUT2D eigenvalue weighted by Crippen LogP contribution is -1.90. The van der Waals surface area contributed by atoms with Gasteiger partial charge in [-0.2, -0.15) is 10.5 Å². The SMILES string of the molecule is N#COCc1ccc(COC#N)cc1. The van der Waals surface area contributed by atoms with Crippen molar-refractivity contribution in [1.82, 2.24) is 0 Å². The van der Waals surface area contributed by atoms with Crippen LogP contribution in [0.3, 0.4) is 0 Å². The topological polar surface area (TPSA) is 66.0 Å². The van der Waals surface area contributed by atoms with E-state index in [1.165, 1.54) is 0 Å². The summed E-state index contributed by atoms with van der Waals surface area (Å²) in [5.41, 5.74) is 1.82. The van der Waals surface area contributed by atoms with E-state index >= 15 is 0 Å². The van der Waals surface area contributed by atoms with E-state index in [1.807, 2.05) is 24.3 Å². The second-order valence-electron chi connectivity index (χ2n) is 2.58. The second kappa shape index (κ2) is 5.45. The third-order valence-corrected chi connectivity index (χ3v) is 1.63. The molecule has 0 amide bonds. The van der Waals surface area contributed by atoms with Crippen molar-refractivity contribution >= 4 is 0 Å². The second-order valence-corrected chi connectivity index (χ2v) is 2.58. The van der Waals surface area contributed by atoms with Crippen LogP contribution in [-0.4, -0.2) is 0 Å². The van der Waals surface area contributed by atoms with Crippen molar-refractivity contribution in [2.75, 3.05) is 0 Å². The molecule has 4 nitrogen and oxygen atoms in total. The van der Waals surface area contributed by atoms with Crippen molar-refractivity contribution in [2.24, 2.45) is 0 Å². The van der Waals surface area contributed by atoms with Crippen LogP contribution in [-0.2, 0) is 22.7 Å². The molecule has 0 aromatic heterocycles. The highest BCUT2D eigenvalue weighted by molar-refractivity contribution is 5.21. The molecule has 0 aliphatic carbocycles. The standard InChI is InChI=1S/C10H8N2O2/c11-7-13-5-9-1-2-10(4-3-9)6-14-8-12/h1-4H,5-6H2. The third-order valence-electron chi connectivity index (χ3n) is 1.63. The van der Waals surface area contributed by atoms with E-state index in [0.29, 0.717) is 0 Å². The highest BCUT2D eigenvalue weighted by Gasteiger charge is 1.95. The average molecular weight is 188 g/mol. The van der Waals surface area contributed by atoms with Crippen LogP contribution in [0.25, 0.3) is 0 Å². The lowest BCUT2D eigenvalue weighted by Gasteiger charge is -2.00. The molecule has 0 aliphatic rings. The minimum atomic E-state index is 0.274. The first-order valence-corrected chi connectivity index (χ1v) is 3.96. The van der Waals surface area contributed by atoms with Gasteiger partial charge in [-0.1, -0.05) is 24.3 Å².